The Morgan fingerprint density at radius 3 is 2.14 bits per heavy atom. The van der Waals surface area contributed by atoms with Gasteiger partial charge in [0.1, 0.15) is 0 Å². The van der Waals surface area contributed by atoms with Crippen molar-refractivity contribution in [3.05, 3.63) is 35.4 Å². The second-order valence-electron chi connectivity index (χ2n) is 6.24. The van der Waals surface area contributed by atoms with Crippen LogP contribution in [-0.2, 0) is 6.42 Å². The number of nitrogens with two attached hydrogens (primary N) is 1. The van der Waals surface area contributed by atoms with Crippen LogP contribution >= 0.6 is 0 Å². The first-order valence-electron chi connectivity index (χ1n) is 8.52. The lowest BCUT2D eigenvalue weighted by Crippen LogP contribution is -2.48. The van der Waals surface area contributed by atoms with Gasteiger partial charge in [0.15, 0.2) is 0 Å². The van der Waals surface area contributed by atoms with E-state index in [1.807, 2.05) is 0 Å². The Morgan fingerprint density at radius 2 is 1.57 bits per heavy atom. The van der Waals surface area contributed by atoms with Crippen LogP contribution in [0.3, 0.4) is 0 Å². The molecule has 2 rings (SSSR count). The van der Waals surface area contributed by atoms with Gasteiger partial charge in [0.05, 0.1) is 0 Å². The molecule has 1 atom stereocenters. The second-order valence-corrected chi connectivity index (χ2v) is 6.24. The number of aryl methyl sites for hydroxylation is 1. The van der Waals surface area contributed by atoms with Crippen LogP contribution in [-0.4, -0.2) is 49.1 Å². The fourth-order valence-electron chi connectivity index (χ4n) is 3.12. The van der Waals surface area contributed by atoms with Crippen molar-refractivity contribution in [3.8, 4) is 0 Å². The van der Waals surface area contributed by atoms with E-state index in [0.29, 0.717) is 0 Å². The molecule has 1 heterocycles. The SMILES string of the molecule is CCCc1ccc(C(N)CN2CCN(CCC)CC2)cc1. The number of hydrogen-bond acceptors (Lipinski definition) is 3. The summed E-state index contributed by atoms with van der Waals surface area (Å²) in [6.07, 6.45) is 3.62. The van der Waals surface area contributed by atoms with Crippen molar-refractivity contribution in [2.45, 2.75) is 39.2 Å². The monoisotopic (exact) mass is 289 g/mol. The lowest BCUT2D eigenvalue weighted by molar-refractivity contribution is 0.127. The number of rotatable bonds is 7. The largest absolute Gasteiger partial charge is 0.323 e. The lowest BCUT2D eigenvalue weighted by atomic mass is 10.0. The molecule has 1 unspecified atom stereocenters. The van der Waals surface area contributed by atoms with Crippen molar-refractivity contribution in [2.75, 3.05) is 39.3 Å². The molecule has 0 radical (unpaired) electrons. The molecule has 1 aromatic rings. The molecule has 0 aromatic heterocycles. The summed E-state index contributed by atoms with van der Waals surface area (Å²) in [5, 5.41) is 0. The Bertz CT molecular complexity index is 393. The van der Waals surface area contributed by atoms with Crippen LogP contribution in [0, 0.1) is 0 Å². The van der Waals surface area contributed by atoms with Gasteiger partial charge >= 0.3 is 0 Å². The van der Waals surface area contributed by atoms with Crippen molar-refractivity contribution in [1.82, 2.24) is 9.80 Å². The van der Waals surface area contributed by atoms with Crippen LogP contribution < -0.4 is 5.73 Å². The third-order valence-electron chi connectivity index (χ3n) is 4.41. The van der Waals surface area contributed by atoms with E-state index in [9.17, 15) is 0 Å². The zero-order valence-corrected chi connectivity index (χ0v) is 13.7. The Labute approximate surface area is 130 Å². The van der Waals surface area contributed by atoms with Crippen molar-refractivity contribution >= 4 is 0 Å². The van der Waals surface area contributed by atoms with Gasteiger partial charge in [-0.25, -0.2) is 0 Å². The molecule has 1 saturated heterocycles. The molecule has 0 saturated carbocycles. The fraction of sp³-hybridized carbons (Fsp3) is 0.667. The van der Waals surface area contributed by atoms with E-state index in [0.717, 1.165) is 26.1 Å². The highest BCUT2D eigenvalue weighted by atomic mass is 15.3. The fourth-order valence-corrected chi connectivity index (χ4v) is 3.12. The molecule has 0 spiro atoms. The molecule has 1 aliphatic rings. The molecular weight excluding hydrogens is 258 g/mol. The minimum Gasteiger partial charge on any atom is -0.323 e. The number of piperazine rings is 1. The molecule has 118 valence electrons. The summed E-state index contributed by atoms with van der Waals surface area (Å²) in [5.41, 5.74) is 9.08. The first-order valence-corrected chi connectivity index (χ1v) is 8.52. The first-order chi connectivity index (χ1) is 10.2. The maximum Gasteiger partial charge on any atom is 0.0424 e. The van der Waals surface area contributed by atoms with E-state index in [1.165, 1.54) is 43.6 Å². The molecule has 0 aliphatic carbocycles. The predicted molar refractivity (Wildman–Crippen MR) is 90.5 cm³/mol. The molecular formula is C18H31N3. The molecule has 21 heavy (non-hydrogen) atoms. The maximum absolute atomic E-state index is 6.39. The molecule has 1 aliphatic heterocycles. The minimum atomic E-state index is 0.137. The van der Waals surface area contributed by atoms with Gasteiger partial charge < -0.3 is 10.6 Å². The molecule has 1 aromatic carbocycles. The zero-order chi connectivity index (χ0) is 15.1. The lowest BCUT2D eigenvalue weighted by Gasteiger charge is -2.35. The van der Waals surface area contributed by atoms with Gasteiger partial charge in [0, 0.05) is 38.8 Å². The average Bonchev–Trinajstić information content (AvgIpc) is 2.50. The molecule has 3 nitrogen and oxygen atoms in total. The van der Waals surface area contributed by atoms with Gasteiger partial charge in [-0.15, -0.1) is 0 Å². The standard InChI is InChI=1S/C18H31N3/c1-3-5-16-6-8-17(9-7-16)18(19)15-21-13-11-20(10-4-2)12-14-21/h6-9,18H,3-5,10-15,19H2,1-2H3. The Morgan fingerprint density at radius 1 is 0.952 bits per heavy atom. The Kier molecular flexibility index (Phi) is 6.68. The third kappa shape index (κ3) is 5.10. The van der Waals surface area contributed by atoms with Gasteiger partial charge in [-0.2, -0.15) is 0 Å². The number of benzene rings is 1. The van der Waals surface area contributed by atoms with Crippen molar-refractivity contribution in [3.63, 3.8) is 0 Å². The zero-order valence-electron chi connectivity index (χ0n) is 13.7. The maximum atomic E-state index is 6.39. The Balaban J connectivity index is 1.80. The summed E-state index contributed by atoms with van der Waals surface area (Å²) in [6.45, 7) is 11.4. The van der Waals surface area contributed by atoms with Crippen LogP contribution in [0.4, 0.5) is 0 Å². The molecule has 3 heteroatoms. The predicted octanol–water partition coefficient (Wildman–Crippen LogP) is 2.67. The van der Waals surface area contributed by atoms with Gasteiger partial charge in [-0.3, -0.25) is 4.90 Å². The highest BCUT2D eigenvalue weighted by molar-refractivity contribution is 5.25. The molecule has 2 N–H and O–H groups in total. The van der Waals surface area contributed by atoms with E-state index in [-0.39, 0.29) is 6.04 Å². The highest BCUT2D eigenvalue weighted by Crippen LogP contribution is 2.15. The van der Waals surface area contributed by atoms with E-state index in [2.05, 4.69) is 47.9 Å². The number of nitrogens with zero attached hydrogens (tertiary/aromatic N) is 2. The van der Waals surface area contributed by atoms with Crippen molar-refractivity contribution in [2.24, 2.45) is 5.73 Å². The van der Waals surface area contributed by atoms with Gasteiger partial charge in [0.2, 0.25) is 0 Å². The smallest absolute Gasteiger partial charge is 0.0424 e. The highest BCUT2D eigenvalue weighted by Gasteiger charge is 2.18. The average molecular weight is 289 g/mol. The van der Waals surface area contributed by atoms with Crippen LogP contribution in [0.15, 0.2) is 24.3 Å². The van der Waals surface area contributed by atoms with Gasteiger partial charge in [-0.05, 0) is 30.5 Å². The second kappa shape index (κ2) is 8.52. The van der Waals surface area contributed by atoms with E-state index < -0.39 is 0 Å². The minimum absolute atomic E-state index is 0.137. The van der Waals surface area contributed by atoms with Gasteiger partial charge in [-0.1, -0.05) is 44.5 Å². The summed E-state index contributed by atoms with van der Waals surface area (Å²) in [7, 11) is 0. The normalized spacial score (nSPS) is 18.8. The van der Waals surface area contributed by atoms with E-state index >= 15 is 0 Å². The summed E-state index contributed by atoms with van der Waals surface area (Å²) in [6, 6.07) is 9.03. The summed E-state index contributed by atoms with van der Waals surface area (Å²) in [5.74, 6) is 0. The summed E-state index contributed by atoms with van der Waals surface area (Å²) < 4.78 is 0. The van der Waals surface area contributed by atoms with E-state index in [1.54, 1.807) is 0 Å². The quantitative estimate of drug-likeness (QED) is 0.837. The van der Waals surface area contributed by atoms with E-state index in [4.69, 9.17) is 5.73 Å². The molecule has 0 amide bonds. The van der Waals surface area contributed by atoms with Gasteiger partial charge in [0.25, 0.3) is 0 Å². The number of hydrogen-bond donors (Lipinski definition) is 1. The van der Waals surface area contributed by atoms with Crippen LogP contribution in [0.1, 0.15) is 43.9 Å². The van der Waals surface area contributed by atoms with Crippen molar-refractivity contribution in [1.29, 1.82) is 0 Å². The summed E-state index contributed by atoms with van der Waals surface area (Å²) in [4.78, 5) is 5.07. The third-order valence-corrected chi connectivity index (χ3v) is 4.41. The Hall–Kier alpha value is -0.900. The van der Waals surface area contributed by atoms with Crippen LogP contribution in [0.25, 0.3) is 0 Å². The van der Waals surface area contributed by atoms with Crippen LogP contribution in [0.2, 0.25) is 0 Å². The topological polar surface area (TPSA) is 32.5 Å². The summed E-state index contributed by atoms with van der Waals surface area (Å²) >= 11 is 0. The molecule has 0 bridgehead atoms. The molecule has 1 fully saturated rings. The first kappa shape index (κ1) is 16.5. The van der Waals surface area contributed by atoms with Crippen LogP contribution in [0.5, 0.6) is 0 Å². The van der Waals surface area contributed by atoms with Crippen molar-refractivity contribution < 1.29 is 0 Å².